The number of H-pyrrole nitrogens is 1. The van der Waals surface area contributed by atoms with Gasteiger partial charge in [0.1, 0.15) is 9.79 Å². The average molecular weight is 505 g/mol. The second-order valence-electron chi connectivity index (χ2n) is 7.96. The summed E-state index contributed by atoms with van der Waals surface area (Å²) in [6.45, 7) is 1.43. The van der Waals surface area contributed by atoms with E-state index in [0.29, 0.717) is 37.2 Å². The molecule has 13 nitrogen and oxygen atoms in total. The summed E-state index contributed by atoms with van der Waals surface area (Å²) in [4.78, 5) is 11.0. The van der Waals surface area contributed by atoms with Crippen molar-refractivity contribution in [2.45, 2.75) is 28.8 Å². The Balaban J connectivity index is 1.77. The summed E-state index contributed by atoms with van der Waals surface area (Å²) >= 11 is 0. The molecule has 2 aromatic carbocycles. The van der Waals surface area contributed by atoms with Crippen LogP contribution in [0.4, 0.5) is 0 Å². The number of rotatable bonds is 6. The zero-order valence-electron chi connectivity index (χ0n) is 17.6. The number of aromatic nitrogens is 4. The number of carbonyl (C=O) groups excluding carboxylic acids is 1. The van der Waals surface area contributed by atoms with Gasteiger partial charge in [-0.3, -0.25) is 4.79 Å². The highest BCUT2D eigenvalue weighted by Crippen LogP contribution is 2.39. The lowest BCUT2D eigenvalue weighted by Gasteiger charge is -2.18. The number of nitrogens with zero attached hydrogens (tertiary/aromatic N) is 3. The molecule has 1 atom stereocenters. The fourth-order valence-corrected chi connectivity index (χ4v) is 7.08. The Morgan fingerprint density at radius 3 is 2.59 bits per heavy atom. The third-order valence-corrected chi connectivity index (χ3v) is 8.44. The zero-order chi connectivity index (χ0) is 24.1. The summed E-state index contributed by atoms with van der Waals surface area (Å²) < 4.78 is 54.6. The van der Waals surface area contributed by atoms with Crippen LogP contribution < -0.4 is 20.5 Å². The highest BCUT2D eigenvalue weighted by atomic mass is 32.2. The van der Waals surface area contributed by atoms with Crippen LogP contribution in [0.2, 0.25) is 0 Å². The van der Waals surface area contributed by atoms with E-state index in [4.69, 9.17) is 5.14 Å². The lowest BCUT2D eigenvalue weighted by molar-refractivity contribution is 0.0965. The van der Waals surface area contributed by atoms with Gasteiger partial charge < -0.3 is 10.6 Å². The first-order chi connectivity index (χ1) is 16.1. The average Bonchev–Trinajstić information content (AvgIpc) is 3.55. The minimum Gasteiger partial charge on any atom is -0.348 e. The fourth-order valence-electron chi connectivity index (χ4n) is 4.21. The molecule has 178 valence electrons. The second kappa shape index (κ2) is 8.21. The molecule has 0 radical (unpaired) electrons. The van der Waals surface area contributed by atoms with Crippen LogP contribution in [0.1, 0.15) is 22.3 Å². The van der Waals surface area contributed by atoms with Crippen LogP contribution in [0, 0.1) is 0 Å². The molecule has 34 heavy (non-hydrogen) atoms. The third kappa shape index (κ3) is 3.97. The second-order valence-corrected chi connectivity index (χ2v) is 11.1. The van der Waals surface area contributed by atoms with Crippen LogP contribution in [-0.4, -0.2) is 62.5 Å². The number of hydrogen-bond acceptors (Lipinski definition) is 9. The standard InChI is InChI=1S/C19H20N8O5S2/c20-33(29,30)17-15(34(31,32)25-12-5-6-21-9-12)4-3-13(16(17)18-23-26-27-24-18)10-1-2-11-8-22-19(28)14(11)7-10/h1-4,7,12,21,25H,5-6,8-9H2,(H,22,28)(H2,20,29,30)(H,23,24,26,27). The maximum atomic E-state index is 13.2. The number of amides is 1. The van der Waals surface area contributed by atoms with Crippen LogP contribution in [0.15, 0.2) is 40.1 Å². The van der Waals surface area contributed by atoms with E-state index in [0.717, 1.165) is 5.56 Å². The van der Waals surface area contributed by atoms with Crippen molar-refractivity contribution in [3.63, 3.8) is 0 Å². The summed E-state index contributed by atoms with van der Waals surface area (Å²) in [6, 6.07) is 7.25. The van der Waals surface area contributed by atoms with Gasteiger partial charge in [0.05, 0.1) is 5.56 Å². The molecule has 2 aliphatic rings. The Labute approximate surface area is 194 Å². The van der Waals surface area contributed by atoms with E-state index >= 15 is 0 Å². The number of nitrogens with two attached hydrogens (primary N) is 1. The summed E-state index contributed by atoms with van der Waals surface area (Å²) in [5, 5.41) is 24.8. The molecule has 1 amide bonds. The zero-order valence-corrected chi connectivity index (χ0v) is 19.2. The van der Waals surface area contributed by atoms with Crippen molar-refractivity contribution < 1.29 is 21.6 Å². The van der Waals surface area contributed by atoms with E-state index in [2.05, 4.69) is 36.0 Å². The molecule has 15 heteroatoms. The number of carbonyl (C=O) groups is 1. The van der Waals surface area contributed by atoms with Crippen molar-refractivity contribution in [2.75, 3.05) is 13.1 Å². The highest BCUT2D eigenvalue weighted by Gasteiger charge is 2.34. The van der Waals surface area contributed by atoms with Gasteiger partial charge in [0.15, 0.2) is 0 Å². The largest absolute Gasteiger partial charge is 0.348 e. The molecule has 3 aromatic rings. The molecule has 0 aliphatic carbocycles. The van der Waals surface area contributed by atoms with Gasteiger partial charge in [0.25, 0.3) is 5.91 Å². The summed E-state index contributed by atoms with van der Waals surface area (Å²) in [6.07, 6.45) is 0.552. The van der Waals surface area contributed by atoms with E-state index in [9.17, 15) is 21.6 Å². The minimum absolute atomic E-state index is 0.137. The minimum atomic E-state index is -4.60. The number of tetrazole rings is 1. The normalized spacial score (nSPS) is 18.1. The van der Waals surface area contributed by atoms with Gasteiger partial charge >= 0.3 is 0 Å². The molecule has 2 aliphatic heterocycles. The number of aromatic amines is 1. The molecule has 0 bridgehead atoms. The van der Waals surface area contributed by atoms with Gasteiger partial charge in [-0.1, -0.05) is 18.2 Å². The number of fused-ring (bicyclic) bond motifs is 1. The first-order valence-corrected chi connectivity index (χ1v) is 13.3. The smallest absolute Gasteiger partial charge is 0.251 e. The lowest BCUT2D eigenvalue weighted by Crippen LogP contribution is -2.37. The molecule has 1 fully saturated rings. The maximum Gasteiger partial charge on any atom is 0.251 e. The Hall–Kier alpha value is -3.24. The Morgan fingerprint density at radius 1 is 1.09 bits per heavy atom. The van der Waals surface area contributed by atoms with Gasteiger partial charge in [-0.25, -0.2) is 26.7 Å². The van der Waals surface area contributed by atoms with E-state index in [-0.39, 0.29) is 22.9 Å². The van der Waals surface area contributed by atoms with Crippen molar-refractivity contribution in [2.24, 2.45) is 5.14 Å². The van der Waals surface area contributed by atoms with Crippen molar-refractivity contribution in [1.29, 1.82) is 0 Å². The van der Waals surface area contributed by atoms with Crippen molar-refractivity contribution in [3.8, 4) is 22.5 Å². The van der Waals surface area contributed by atoms with E-state index in [1.54, 1.807) is 18.2 Å². The van der Waals surface area contributed by atoms with Crippen LogP contribution in [0.5, 0.6) is 0 Å². The van der Waals surface area contributed by atoms with Gasteiger partial charge in [-0.05, 0) is 47.0 Å². The number of primary sulfonamides is 1. The van der Waals surface area contributed by atoms with Crippen LogP contribution in [0.3, 0.4) is 0 Å². The Morgan fingerprint density at radius 2 is 1.91 bits per heavy atom. The molecular formula is C19H20N8O5S2. The Kier molecular flexibility index (Phi) is 5.44. The van der Waals surface area contributed by atoms with Crippen molar-refractivity contribution in [1.82, 2.24) is 36.0 Å². The predicted molar refractivity (Wildman–Crippen MR) is 119 cm³/mol. The number of nitrogens with one attached hydrogen (secondary N) is 4. The summed E-state index contributed by atoms with van der Waals surface area (Å²) in [5.74, 6) is -0.429. The molecule has 0 saturated carbocycles. The van der Waals surface area contributed by atoms with Gasteiger partial charge in [-0.2, -0.15) is 5.21 Å². The third-order valence-electron chi connectivity index (χ3n) is 5.75. The molecule has 1 unspecified atom stereocenters. The number of hydrogen-bond donors (Lipinski definition) is 5. The van der Waals surface area contributed by atoms with Crippen LogP contribution in [0.25, 0.3) is 22.5 Å². The topological polar surface area (TPSA) is 202 Å². The maximum absolute atomic E-state index is 13.2. The lowest BCUT2D eigenvalue weighted by atomic mass is 9.96. The number of benzene rings is 2. The molecule has 6 N–H and O–H groups in total. The monoisotopic (exact) mass is 504 g/mol. The first kappa shape index (κ1) is 22.5. The van der Waals surface area contributed by atoms with E-state index in [1.165, 1.54) is 12.1 Å². The van der Waals surface area contributed by atoms with E-state index < -0.39 is 35.9 Å². The predicted octanol–water partition coefficient (Wildman–Crippen LogP) is -0.935. The van der Waals surface area contributed by atoms with Gasteiger partial charge in [0, 0.05) is 24.7 Å². The molecule has 1 aromatic heterocycles. The highest BCUT2D eigenvalue weighted by molar-refractivity contribution is 7.92. The number of sulfonamides is 2. The van der Waals surface area contributed by atoms with E-state index in [1.807, 2.05) is 0 Å². The van der Waals surface area contributed by atoms with Crippen molar-refractivity contribution >= 4 is 26.0 Å². The molecule has 5 rings (SSSR count). The van der Waals surface area contributed by atoms with Gasteiger partial charge in [0.2, 0.25) is 25.9 Å². The molecule has 3 heterocycles. The Bertz CT molecular complexity index is 1500. The molecular weight excluding hydrogens is 484 g/mol. The van der Waals surface area contributed by atoms with Crippen LogP contribution in [-0.2, 0) is 26.6 Å². The first-order valence-electron chi connectivity index (χ1n) is 10.2. The molecule has 0 spiro atoms. The van der Waals surface area contributed by atoms with Crippen LogP contribution >= 0.6 is 0 Å². The van der Waals surface area contributed by atoms with Crippen molar-refractivity contribution in [3.05, 3.63) is 41.5 Å². The summed E-state index contributed by atoms with van der Waals surface area (Å²) in [5.41, 5.74) is 1.81. The SMILES string of the molecule is NS(=O)(=O)c1c(S(=O)(=O)NC2CCNC2)ccc(-c2ccc3c(c2)C(=O)NC3)c1-c1nn[nH]n1. The molecule has 1 saturated heterocycles. The van der Waals surface area contributed by atoms with Gasteiger partial charge in [-0.15, -0.1) is 10.2 Å². The summed E-state index contributed by atoms with van der Waals surface area (Å²) in [7, 11) is -8.88. The quantitative estimate of drug-likeness (QED) is 0.281. The fraction of sp³-hybridized carbons (Fsp3) is 0.263.